The molecule has 0 bridgehead atoms. The van der Waals surface area contributed by atoms with E-state index in [2.05, 4.69) is 426 Å². The average molecular weight is 1440 g/mol. The molecule has 0 saturated carbocycles. The fourth-order valence-electron chi connectivity index (χ4n) is 18.2. The Morgan fingerprint density at radius 2 is 0.541 bits per heavy atom. The van der Waals surface area contributed by atoms with Crippen LogP contribution >= 0.6 is 0 Å². The van der Waals surface area contributed by atoms with Gasteiger partial charge in [0.15, 0.2) is 0 Å². The first-order valence-corrected chi connectivity index (χ1v) is 39.8. The van der Waals surface area contributed by atoms with E-state index in [-0.39, 0.29) is 33.8 Å². The van der Waals surface area contributed by atoms with E-state index >= 15 is 0 Å². The predicted molar refractivity (Wildman–Crippen MR) is 479 cm³/mol. The lowest BCUT2D eigenvalue weighted by molar-refractivity contribution is 0.590. The van der Waals surface area contributed by atoms with E-state index in [4.69, 9.17) is 0 Å². The molecule has 0 amide bonds. The summed E-state index contributed by atoms with van der Waals surface area (Å²) >= 11 is 0. The van der Waals surface area contributed by atoms with Crippen LogP contribution < -0.4 is 26.2 Å². The zero-order valence-corrected chi connectivity index (χ0v) is 66.7. The van der Waals surface area contributed by atoms with Crippen molar-refractivity contribution in [3.63, 3.8) is 0 Å². The van der Waals surface area contributed by atoms with Crippen molar-refractivity contribution in [1.82, 2.24) is 9.13 Å². The minimum absolute atomic E-state index is 0.0730. The molecule has 0 radical (unpaired) electrons. The van der Waals surface area contributed by atoms with Crippen LogP contribution in [-0.2, 0) is 27.1 Å². The Balaban J connectivity index is 1.00. The third-order valence-electron chi connectivity index (χ3n) is 24.2. The Hall–Kier alpha value is -11.9. The fraction of sp³-hybridized carbons (Fsp3) is 0.189. The number of nitrogens with zero attached hydrogens (tertiary/aromatic N) is 4. The van der Waals surface area contributed by atoms with Crippen molar-refractivity contribution in [3.8, 4) is 55.9 Å². The van der Waals surface area contributed by atoms with E-state index in [1.165, 1.54) is 132 Å². The zero-order chi connectivity index (χ0) is 76.5. The van der Waals surface area contributed by atoms with Gasteiger partial charge in [-0.15, -0.1) is 0 Å². The smallest absolute Gasteiger partial charge is 0.252 e. The number of hydrogen-bond acceptors (Lipinski definition) is 2. The van der Waals surface area contributed by atoms with Gasteiger partial charge in [-0.25, -0.2) is 0 Å². The average Bonchev–Trinajstić information content (AvgIpc) is 0.816. The maximum atomic E-state index is 2.76. The van der Waals surface area contributed by atoms with Crippen LogP contribution in [-0.4, -0.2) is 15.8 Å². The highest BCUT2D eigenvalue weighted by Gasteiger charge is 2.47. The standard InChI is InChI=1S/C106H95BN4/c1-102(2,3)72-46-54-89-85(56-72)97-79-42-30-28-40-70(79)44-52-91(97)108(89)77-48-50-87-93(64-77)110(100-81(66-32-20-16-21-33-66)58-74(104(7,8)9)59-82(100)67-34-22-17-23-35-67)95-62-76(106(13,14)15)63-96-99(95)107(87)88-51-49-78(109-90-55-47-73(103(4,5)6)57-86(90)98-80-43-31-29-41-71(80)45-53-92(98)109)65-94(88)111(96)101-83(68-36-24-18-25-37-68)60-75(105(10,11)12)61-84(101)69-38-26-19-27-39-69/h16-65H,1-15H3. The molecule has 542 valence electrons. The Labute approximate surface area is 655 Å². The minimum atomic E-state index is -0.348. The molecule has 0 aliphatic carbocycles. The van der Waals surface area contributed by atoms with Crippen LogP contribution in [0, 0.1) is 0 Å². The van der Waals surface area contributed by atoms with Gasteiger partial charge in [-0.3, -0.25) is 0 Å². The molecule has 0 spiro atoms. The van der Waals surface area contributed by atoms with Crippen molar-refractivity contribution in [2.45, 2.75) is 131 Å². The van der Waals surface area contributed by atoms with Crippen LogP contribution in [0.5, 0.6) is 0 Å². The Bertz CT molecular complexity index is 6120. The highest BCUT2D eigenvalue weighted by Crippen LogP contribution is 2.56. The lowest BCUT2D eigenvalue weighted by Crippen LogP contribution is -2.61. The van der Waals surface area contributed by atoms with Crippen molar-refractivity contribution >= 4 is 122 Å². The number of fused-ring (bicyclic) bond motifs is 14. The summed E-state index contributed by atoms with van der Waals surface area (Å²) in [6.45, 7) is 35.2. The van der Waals surface area contributed by atoms with Gasteiger partial charge >= 0.3 is 0 Å². The number of anilines is 6. The molecule has 15 aromatic carbocycles. The van der Waals surface area contributed by atoms with Gasteiger partial charge in [-0.05, 0) is 212 Å². The molecule has 17 aromatic rings. The summed E-state index contributed by atoms with van der Waals surface area (Å²) in [5, 5.41) is 10.0. The van der Waals surface area contributed by atoms with Crippen molar-refractivity contribution in [3.05, 3.63) is 331 Å². The van der Waals surface area contributed by atoms with Crippen molar-refractivity contribution < 1.29 is 0 Å². The molecule has 2 aliphatic heterocycles. The van der Waals surface area contributed by atoms with E-state index < -0.39 is 0 Å². The van der Waals surface area contributed by atoms with Gasteiger partial charge in [-0.1, -0.05) is 310 Å². The molecule has 111 heavy (non-hydrogen) atoms. The third-order valence-corrected chi connectivity index (χ3v) is 24.2. The molecule has 0 atom stereocenters. The molecular weight excluding hydrogens is 1340 g/mol. The topological polar surface area (TPSA) is 16.3 Å². The first-order valence-electron chi connectivity index (χ1n) is 39.8. The van der Waals surface area contributed by atoms with Crippen LogP contribution in [0.25, 0.3) is 121 Å². The predicted octanol–water partition coefficient (Wildman–Crippen LogP) is 27.4. The summed E-state index contributed by atoms with van der Waals surface area (Å²) in [5.41, 5.74) is 32.3. The summed E-state index contributed by atoms with van der Waals surface area (Å²) < 4.78 is 5.15. The lowest BCUT2D eigenvalue weighted by Gasteiger charge is -2.47. The van der Waals surface area contributed by atoms with Crippen LogP contribution in [0.1, 0.15) is 132 Å². The first kappa shape index (κ1) is 69.5. The summed E-state index contributed by atoms with van der Waals surface area (Å²) in [6.07, 6.45) is 0. The summed E-state index contributed by atoms with van der Waals surface area (Å²) in [5.74, 6) is 0. The SMILES string of the molecule is CC(C)(C)c1cc(-c2ccccc2)c(N2c3cc(-n4c5ccc(C(C)(C)C)cc5c5c6ccccc6ccc54)ccc3B3c4ccc(-n5c6ccc(C(C)(C)C)cc6c6c7ccccc7ccc65)cc4N(c4c(-c5ccccc5)cc(C(C)(C)C)cc4-c4ccccc4)c4cc(C(C)(C)C)cc2c43)c(-c2ccccc2)c1. The normalized spacial score (nSPS) is 13.3. The molecule has 0 unspecified atom stereocenters. The van der Waals surface area contributed by atoms with Crippen LogP contribution in [0.15, 0.2) is 303 Å². The van der Waals surface area contributed by atoms with Gasteiger partial charge in [0.1, 0.15) is 0 Å². The van der Waals surface area contributed by atoms with Crippen LogP contribution in [0.2, 0.25) is 0 Å². The van der Waals surface area contributed by atoms with Gasteiger partial charge in [0.2, 0.25) is 0 Å². The number of benzene rings is 15. The Kier molecular flexibility index (Phi) is 15.9. The monoisotopic (exact) mass is 1430 g/mol. The summed E-state index contributed by atoms with van der Waals surface area (Å²) in [6, 6.07) is 117. The second kappa shape index (κ2) is 25.3. The highest BCUT2D eigenvalue weighted by atomic mass is 15.2. The first-order chi connectivity index (χ1) is 53.2. The van der Waals surface area contributed by atoms with Gasteiger partial charge < -0.3 is 18.9 Å². The van der Waals surface area contributed by atoms with Crippen molar-refractivity contribution in [2.24, 2.45) is 0 Å². The molecule has 19 rings (SSSR count). The van der Waals surface area contributed by atoms with E-state index in [0.717, 1.165) is 67.8 Å². The molecule has 2 aromatic heterocycles. The maximum Gasteiger partial charge on any atom is 0.252 e. The number of aromatic nitrogens is 2. The fourth-order valence-corrected chi connectivity index (χ4v) is 18.2. The van der Waals surface area contributed by atoms with E-state index in [1.807, 2.05) is 0 Å². The minimum Gasteiger partial charge on any atom is -0.310 e. The van der Waals surface area contributed by atoms with Crippen LogP contribution in [0.4, 0.5) is 34.1 Å². The quantitative estimate of drug-likeness (QED) is 0.141. The van der Waals surface area contributed by atoms with E-state index in [1.54, 1.807) is 0 Å². The van der Waals surface area contributed by atoms with Gasteiger partial charge in [0.05, 0.1) is 33.4 Å². The highest BCUT2D eigenvalue weighted by molar-refractivity contribution is 7.00. The number of rotatable bonds is 8. The van der Waals surface area contributed by atoms with Crippen molar-refractivity contribution in [2.75, 3.05) is 9.80 Å². The summed E-state index contributed by atoms with van der Waals surface area (Å²) in [7, 11) is 0. The second-order valence-electron chi connectivity index (χ2n) is 36.6. The lowest BCUT2D eigenvalue weighted by atomic mass is 9.33. The third kappa shape index (κ3) is 11.4. The zero-order valence-electron chi connectivity index (χ0n) is 66.7. The Morgan fingerprint density at radius 3 is 0.874 bits per heavy atom. The number of hydrogen-bond donors (Lipinski definition) is 0. The molecule has 0 fully saturated rings. The molecule has 0 N–H and O–H groups in total. The van der Waals surface area contributed by atoms with E-state index in [0.29, 0.717) is 0 Å². The van der Waals surface area contributed by atoms with Gasteiger partial charge in [-0.2, -0.15) is 0 Å². The molecule has 4 heterocycles. The van der Waals surface area contributed by atoms with Gasteiger partial charge in [0.25, 0.3) is 6.71 Å². The molecular formula is C106H95BN4. The second-order valence-corrected chi connectivity index (χ2v) is 36.6. The largest absolute Gasteiger partial charge is 0.310 e. The van der Waals surface area contributed by atoms with Crippen LogP contribution in [0.3, 0.4) is 0 Å². The molecule has 2 aliphatic rings. The van der Waals surface area contributed by atoms with E-state index in [9.17, 15) is 0 Å². The maximum absolute atomic E-state index is 2.76. The Morgan fingerprint density at radius 1 is 0.234 bits per heavy atom. The van der Waals surface area contributed by atoms with Crippen molar-refractivity contribution in [1.29, 1.82) is 0 Å². The summed E-state index contributed by atoms with van der Waals surface area (Å²) in [4.78, 5) is 5.51. The van der Waals surface area contributed by atoms with Gasteiger partial charge in [0, 0.05) is 77.9 Å². The molecule has 0 saturated heterocycles. The molecule has 4 nitrogen and oxygen atoms in total. The molecule has 5 heteroatoms.